The Balaban J connectivity index is 1.24. The molecule has 3 aliphatic heterocycles. The van der Waals surface area contributed by atoms with Gasteiger partial charge in [-0.2, -0.15) is 5.26 Å². The number of aryl methyl sites for hydroxylation is 1. The fourth-order valence-corrected chi connectivity index (χ4v) is 6.54. The fourth-order valence-electron chi connectivity index (χ4n) is 6.22. The maximum absolute atomic E-state index is 13.3. The molecule has 1 aromatic rings. The van der Waals surface area contributed by atoms with Gasteiger partial charge in [0.1, 0.15) is 6.04 Å². The average Bonchev–Trinajstić information content (AvgIpc) is 3.55. The molecule has 0 saturated carbocycles. The molecule has 1 unspecified atom stereocenters. The van der Waals surface area contributed by atoms with Gasteiger partial charge in [0, 0.05) is 48.5 Å². The number of rotatable bonds is 6. The first-order valence-corrected chi connectivity index (χ1v) is 12.7. The lowest BCUT2D eigenvalue weighted by Crippen LogP contribution is -2.53. The standard InChI is InChI=1S/C23H29N5O4S/c1-14(22(29)27-8-2-3-17(27)11-24)12-26-13-18-10-21(26)23(30)28(18)20-7-4-15-9-16(25-33(31)32)5-6-19(15)20/h5-6,9,14,17-18,20-21,25H,2-4,7-8,10,12-13H2,1H3,(H,31,32)/p-1/t14-,17-,18+,20+,21+/m0/s1. The molecule has 3 heterocycles. The maximum Gasteiger partial charge on any atom is 0.240 e. The molecule has 1 aromatic carbocycles. The SMILES string of the molecule is C[C@@H](CN1C[C@H]2C[C@@H]1C(=O)N2[C@@H]1CCc2cc(NS(=O)[O-])ccc21)C(=O)N1CCC[C@H]1C#N. The van der Waals surface area contributed by atoms with E-state index in [0.717, 1.165) is 49.8 Å². The van der Waals surface area contributed by atoms with Gasteiger partial charge in [-0.25, -0.2) is 0 Å². The van der Waals surface area contributed by atoms with Crippen LogP contribution in [0.15, 0.2) is 18.2 Å². The van der Waals surface area contributed by atoms with Crippen molar-refractivity contribution in [2.24, 2.45) is 5.92 Å². The Morgan fingerprint density at radius 2 is 2.18 bits per heavy atom. The van der Waals surface area contributed by atoms with Crippen LogP contribution in [0.5, 0.6) is 0 Å². The number of piperazine rings is 1. The van der Waals surface area contributed by atoms with E-state index in [-0.39, 0.29) is 41.9 Å². The van der Waals surface area contributed by atoms with Crippen LogP contribution in [0.3, 0.4) is 0 Å². The van der Waals surface area contributed by atoms with Crippen molar-refractivity contribution in [3.63, 3.8) is 0 Å². The van der Waals surface area contributed by atoms with Crippen LogP contribution in [0.1, 0.15) is 49.8 Å². The highest BCUT2D eigenvalue weighted by atomic mass is 32.2. The van der Waals surface area contributed by atoms with Crippen LogP contribution in [0.25, 0.3) is 0 Å². The molecule has 176 valence electrons. The number of benzene rings is 1. The molecule has 0 aromatic heterocycles. The van der Waals surface area contributed by atoms with Gasteiger partial charge in [-0.1, -0.05) is 13.0 Å². The molecule has 4 aliphatic rings. The van der Waals surface area contributed by atoms with Gasteiger partial charge in [0.15, 0.2) is 0 Å². The number of hydrogen-bond donors (Lipinski definition) is 1. The molecule has 33 heavy (non-hydrogen) atoms. The highest BCUT2D eigenvalue weighted by molar-refractivity contribution is 7.80. The maximum atomic E-state index is 13.3. The fraction of sp³-hybridized carbons (Fsp3) is 0.609. The summed E-state index contributed by atoms with van der Waals surface area (Å²) in [6, 6.07) is 7.41. The molecule has 3 fully saturated rings. The van der Waals surface area contributed by atoms with E-state index in [4.69, 9.17) is 0 Å². The van der Waals surface area contributed by atoms with Crippen molar-refractivity contribution in [3.05, 3.63) is 29.3 Å². The molecule has 10 heteroatoms. The third kappa shape index (κ3) is 3.92. The molecule has 2 bridgehead atoms. The minimum atomic E-state index is -2.36. The van der Waals surface area contributed by atoms with Crippen LogP contribution in [0.4, 0.5) is 5.69 Å². The molecule has 6 atom stereocenters. The predicted molar refractivity (Wildman–Crippen MR) is 120 cm³/mol. The highest BCUT2D eigenvalue weighted by Gasteiger charge is 2.53. The van der Waals surface area contributed by atoms with Crippen LogP contribution in [-0.4, -0.2) is 73.0 Å². The van der Waals surface area contributed by atoms with Crippen molar-refractivity contribution >= 4 is 28.8 Å². The van der Waals surface area contributed by atoms with Crippen LogP contribution in [-0.2, 0) is 27.3 Å². The molecular formula is C23H28N5O4S-. The van der Waals surface area contributed by atoms with E-state index >= 15 is 0 Å². The zero-order valence-electron chi connectivity index (χ0n) is 18.6. The number of nitrogens with zero attached hydrogens (tertiary/aromatic N) is 4. The van der Waals surface area contributed by atoms with Crippen molar-refractivity contribution in [1.29, 1.82) is 5.26 Å². The Kier molecular flexibility index (Phi) is 5.89. The van der Waals surface area contributed by atoms with Crippen LogP contribution >= 0.6 is 0 Å². The van der Waals surface area contributed by atoms with Gasteiger partial charge in [0.25, 0.3) is 0 Å². The summed E-state index contributed by atoms with van der Waals surface area (Å²) in [6.45, 7) is 3.84. The number of carbonyl (C=O) groups excluding carboxylic acids is 2. The summed E-state index contributed by atoms with van der Waals surface area (Å²) in [5, 5.41) is 9.29. The molecular weight excluding hydrogens is 442 g/mol. The van der Waals surface area contributed by atoms with Crippen LogP contribution in [0.2, 0.25) is 0 Å². The number of nitrogens with one attached hydrogen (secondary N) is 1. The van der Waals surface area contributed by atoms with E-state index in [1.165, 1.54) is 0 Å². The van der Waals surface area contributed by atoms with Crippen molar-refractivity contribution < 1.29 is 18.4 Å². The number of anilines is 1. The Bertz CT molecular complexity index is 1040. The lowest BCUT2D eigenvalue weighted by Gasteiger charge is -2.38. The lowest BCUT2D eigenvalue weighted by atomic mass is 10.0. The molecule has 5 rings (SSSR count). The van der Waals surface area contributed by atoms with Crippen LogP contribution < -0.4 is 4.72 Å². The van der Waals surface area contributed by atoms with Gasteiger partial charge in [-0.05, 0) is 55.4 Å². The van der Waals surface area contributed by atoms with Gasteiger partial charge >= 0.3 is 0 Å². The number of nitriles is 1. The highest BCUT2D eigenvalue weighted by Crippen LogP contribution is 2.44. The van der Waals surface area contributed by atoms with E-state index in [0.29, 0.717) is 18.8 Å². The lowest BCUT2D eigenvalue weighted by molar-refractivity contribution is -0.142. The zero-order chi connectivity index (χ0) is 23.3. The first-order valence-electron chi connectivity index (χ1n) is 11.6. The Morgan fingerprint density at radius 3 is 2.91 bits per heavy atom. The predicted octanol–water partition coefficient (Wildman–Crippen LogP) is 1.32. The summed E-state index contributed by atoms with van der Waals surface area (Å²) in [7, 11) is 0. The summed E-state index contributed by atoms with van der Waals surface area (Å²) in [5.74, 6) is -0.105. The summed E-state index contributed by atoms with van der Waals surface area (Å²) in [5.41, 5.74) is 2.73. The van der Waals surface area contributed by atoms with Gasteiger partial charge in [0.05, 0.1) is 18.2 Å². The number of amides is 2. The number of hydrogen-bond acceptors (Lipinski definition) is 6. The molecule has 1 N–H and O–H groups in total. The van der Waals surface area contributed by atoms with Crippen molar-refractivity contribution in [1.82, 2.24) is 14.7 Å². The topological polar surface area (TPSA) is 120 Å². The smallest absolute Gasteiger partial charge is 0.240 e. The van der Waals surface area contributed by atoms with Crippen molar-refractivity contribution in [2.45, 2.75) is 63.2 Å². The third-order valence-electron chi connectivity index (χ3n) is 7.66. The minimum absolute atomic E-state index is 0.0132. The monoisotopic (exact) mass is 470 g/mol. The summed E-state index contributed by atoms with van der Waals surface area (Å²) >= 11 is -2.36. The number of carbonyl (C=O) groups is 2. The molecule has 2 amide bonds. The normalized spacial score (nSPS) is 30.4. The molecule has 9 nitrogen and oxygen atoms in total. The summed E-state index contributed by atoms with van der Waals surface area (Å²) in [4.78, 5) is 32.1. The number of fused-ring (bicyclic) bond motifs is 3. The second kappa shape index (κ2) is 8.70. The second-order valence-electron chi connectivity index (χ2n) is 9.63. The van der Waals surface area contributed by atoms with Gasteiger partial charge in [-0.3, -0.25) is 18.7 Å². The van der Waals surface area contributed by atoms with Gasteiger partial charge in [0.2, 0.25) is 11.8 Å². The van der Waals surface area contributed by atoms with Gasteiger partial charge < -0.3 is 19.1 Å². The van der Waals surface area contributed by atoms with Crippen molar-refractivity contribution in [2.75, 3.05) is 24.4 Å². The van der Waals surface area contributed by atoms with Crippen molar-refractivity contribution in [3.8, 4) is 6.07 Å². The van der Waals surface area contributed by atoms with E-state index in [9.17, 15) is 23.6 Å². The largest absolute Gasteiger partial charge is 0.755 e. The van der Waals surface area contributed by atoms with Crippen LogP contribution in [0, 0.1) is 17.2 Å². The first-order chi connectivity index (χ1) is 15.9. The second-order valence-corrected chi connectivity index (χ2v) is 10.3. The van der Waals surface area contributed by atoms with E-state index in [2.05, 4.69) is 15.7 Å². The minimum Gasteiger partial charge on any atom is -0.755 e. The van der Waals surface area contributed by atoms with E-state index in [1.54, 1.807) is 11.0 Å². The Labute approximate surface area is 196 Å². The number of likely N-dealkylation sites (tertiary alicyclic amines) is 3. The summed E-state index contributed by atoms with van der Waals surface area (Å²) < 4.78 is 24.2. The van der Waals surface area contributed by atoms with E-state index in [1.807, 2.05) is 24.0 Å². The molecule has 3 saturated heterocycles. The summed E-state index contributed by atoms with van der Waals surface area (Å²) in [6.07, 6.45) is 4.05. The third-order valence-corrected chi connectivity index (χ3v) is 8.06. The molecule has 1 aliphatic carbocycles. The Hall–Kier alpha value is -2.48. The Morgan fingerprint density at radius 1 is 1.36 bits per heavy atom. The zero-order valence-corrected chi connectivity index (χ0v) is 19.4. The van der Waals surface area contributed by atoms with Gasteiger partial charge in [-0.15, -0.1) is 0 Å². The average molecular weight is 471 g/mol. The van der Waals surface area contributed by atoms with E-state index < -0.39 is 11.3 Å². The molecule has 0 radical (unpaired) electrons. The quantitative estimate of drug-likeness (QED) is 0.626. The first kappa shape index (κ1) is 22.3. The molecule has 0 spiro atoms.